The monoisotopic (exact) mass is 258 g/mol. The van der Waals surface area contributed by atoms with Gasteiger partial charge in [-0.05, 0) is 26.7 Å². The molecule has 5 heteroatoms. The molecule has 1 unspecified atom stereocenters. The third kappa shape index (κ3) is 4.55. The topological polar surface area (TPSA) is 60.9 Å². The third-order valence-electron chi connectivity index (χ3n) is 3.38. The molecule has 0 bridgehead atoms. The number of urea groups is 1. The molecule has 0 aromatic carbocycles. The molecule has 0 saturated carbocycles. The van der Waals surface area contributed by atoms with Crippen LogP contribution in [0.1, 0.15) is 47.0 Å². The molecule has 0 fully saturated rings. The smallest absolute Gasteiger partial charge is 0.320 e. The van der Waals surface area contributed by atoms with Crippen molar-refractivity contribution in [2.75, 3.05) is 13.6 Å². The largest absolute Gasteiger partial charge is 0.481 e. The molecule has 0 aliphatic carbocycles. The van der Waals surface area contributed by atoms with E-state index >= 15 is 0 Å². The van der Waals surface area contributed by atoms with Gasteiger partial charge >= 0.3 is 12.0 Å². The lowest BCUT2D eigenvalue weighted by molar-refractivity contribution is -0.138. The Hall–Kier alpha value is -1.26. The van der Waals surface area contributed by atoms with E-state index in [0.717, 1.165) is 12.8 Å². The molecule has 0 heterocycles. The quantitative estimate of drug-likeness (QED) is 0.762. The molecular weight excluding hydrogens is 232 g/mol. The van der Waals surface area contributed by atoms with Crippen molar-refractivity contribution < 1.29 is 14.7 Å². The van der Waals surface area contributed by atoms with Gasteiger partial charge in [0.25, 0.3) is 0 Å². The molecule has 2 amide bonds. The van der Waals surface area contributed by atoms with Crippen LogP contribution in [0.2, 0.25) is 0 Å². The summed E-state index contributed by atoms with van der Waals surface area (Å²) in [4.78, 5) is 26.4. The van der Waals surface area contributed by atoms with Crippen LogP contribution in [0.5, 0.6) is 0 Å². The minimum absolute atomic E-state index is 0.0175. The van der Waals surface area contributed by atoms with Gasteiger partial charge in [-0.2, -0.15) is 0 Å². The average molecular weight is 258 g/mol. The number of nitrogens with zero attached hydrogens (tertiary/aromatic N) is 2. The van der Waals surface area contributed by atoms with Crippen molar-refractivity contribution in [2.24, 2.45) is 0 Å². The van der Waals surface area contributed by atoms with Gasteiger partial charge in [0.05, 0.1) is 6.42 Å². The molecule has 0 radical (unpaired) electrons. The van der Waals surface area contributed by atoms with Crippen molar-refractivity contribution >= 4 is 12.0 Å². The molecule has 18 heavy (non-hydrogen) atoms. The van der Waals surface area contributed by atoms with Crippen LogP contribution < -0.4 is 0 Å². The fourth-order valence-corrected chi connectivity index (χ4v) is 2.19. The van der Waals surface area contributed by atoms with Crippen LogP contribution in [0, 0.1) is 0 Å². The van der Waals surface area contributed by atoms with Gasteiger partial charge in [0.15, 0.2) is 0 Å². The van der Waals surface area contributed by atoms with Crippen LogP contribution in [-0.2, 0) is 4.79 Å². The summed E-state index contributed by atoms with van der Waals surface area (Å²) >= 11 is 0. The lowest BCUT2D eigenvalue weighted by atomic mass is 10.1. The number of carboxylic acids is 1. The van der Waals surface area contributed by atoms with Gasteiger partial charge in [-0.3, -0.25) is 4.79 Å². The lowest BCUT2D eigenvalue weighted by Gasteiger charge is -2.35. The van der Waals surface area contributed by atoms with Crippen LogP contribution >= 0.6 is 0 Å². The van der Waals surface area contributed by atoms with E-state index in [1.807, 2.05) is 6.92 Å². The first-order valence-electron chi connectivity index (χ1n) is 6.64. The molecular formula is C13H26N2O3. The predicted molar refractivity (Wildman–Crippen MR) is 71.6 cm³/mol. The van der Waals surface area contributed by atoms with Gasteiger partial charge in [0.2, 0.25) is 0 Å². The van der Waals surface area contributed by atoms with Crippen LogP contribution in [0.15, 0.2) is 0 Å². The Bertz CT molecular complexity index is 277. The minimum Gasteiger partial charge on any atom is -0.481 e. The summed E-state index contributed by atoms with van der Waals surface area (Å²) in [6.07, 6.45) is 1.80. The molecule has 0 aliphatic rings. The normalized spacial score (nSPS) is 12.3. The van der Waals surface area contributed by atoms with Crippen molar-refractivity contribution in [3.05, 3.63) is 0 Å². The Kier molecular flexibility index (Phi) is 7.39. The molecule has 0 spiro atoms. The van der Waals surface area contributed by atoms with Gasteiger partial charge in [0.1, 0.15) is 0 Å². The number of aliphatic carboxylic acids is 1. The van der Waals surface area contributed by atoms with Crippen molar-refractivity contribution in [3.8, 4) is 0 Å². The van der Waals surface area contributed by atoms with E-state index in [4.69, 9.17) is 5.11 Å². The van der Waals surface area contributed by atoms with Gasteiger partial charge in [-0.1, -0.05) is 13.8 Å². The maximum Gasteiger partial charge on any atom is 0.320 e. The predicted octanol–water partition coefficient (Wildman–Crippen LogP) is 2.41. The molecule has 5 nitrogen and oxygen atoms in total. The zero-order valence-corrected chi connectivity index (χ0v) is 12.1. The van der Waals surface area contributed by atoms with Gasteiger partial charge in [-0.15, -0.1) is 0 Å². The molecule has 1 N–H and O–H groups in total. The SMILES string of the molecule is CCC(CC)N(C)C(=O)N(CC)C(C)CC(=O)O. The van der Waals surface area contributed by atoms with Gasteiger partial charge in [-0.25, -0.2) is 4.79 Å². The zero-order valence-electron chi connectivity index (χ0n) is 12.1. The average Bonchev–Trinajstić information content (AvgIpc) is 2.30. The van der Waals surface area contributed by atoms with Crippen molar-refractivity contribution in [1.29, 1.82) is 0 Å². The van der Waals surface area contributed by atoms with Crippen molar-refractivity contribution in [3.63, 3.8) is 0 Å². The maximum atomic E-state index is 12.3. The highest BCUT2D eigenvalue weighted by atomic mass is 16.4. The Labute approximate surface area is 110 Å². The van der Waals surface area contributed by atoms with Gasteiger partial charge < -0.3 is 14.9 Å². The highest BCUT2D eigenvalue weighted by Gasteiger charge is 2.26. The zero-order chi connectivity index (χ0) is 14.3. The first-order chi connectivity index (χ1) is 8.38. The van der Waals surface area contributed by atoms with Crippen LogP contribution in [-0.4, -0.2) is 52.6 Å². The van der Waals surface area contributed by atoms with Crippen molar-refractivity contribution in [2.45, 2.75) is 59.0 Å². The summed E-state index contributed by atoms with van der Waals surface area (Å²) in [6, 6.07) is -0.152. The van der Waals surface area contributed by atoms with E-state index < -0.39 is 5.97 Å². The molecule has 0 aromatic heterocycles. The van der Waals surface area contributed by atoms with Crippen molar-refractivity contribution in [1.82, 2.24) is 9.80 Å². The fraction of sp³-hybridized carbons (Fsp3) is 0.846. The molecule has 0 aromatic rings. The maximum absolute atomic E-state index is 12.3. The Balaban J connectivity index is 4.73. The second-order valence-corrected chi connectivity index (χ2v) is 4.60. The van der Waals surface area contributed by atoms with E-state index in [0.29, 0.717) is 6.54 Å². The first-order valence-corrected chi connectivity index (χ1v) is 6.64. The highest BCUT2D eigenvalue weighted by molar-refractivity contribution is 5.76. The Morgan fingerprint density at radius 3 is 2.00 bits per heavy atom. The number of carbonyl (C=O) groups is 2. The second kappa shape index (κ2) is 7.95. The van der Waals surface area contributed by atoms with E-state index in [9.17, 15) is 9.59 Å². The summed E-state index contributed by atoms with van der Waals surface area (Å²) in [7, 11) is 1.79. The Morgan fingerprint density at radius 2 is 1.67 bits per heavy atom. The summed E-state index contributed by atoms with van der Waals surface area (Å²) in [5.41, 5.74) is 0. The molecule has 106 valence electrons. The summed E-state index contributed by atoms with van der Waals surface area (Å²) < 4.78 is 0. The molecule has 0 rings (SSSR count). The lowest BCUT2D eigenvalue weighted by Crippen LogP contribution is -2.49. The standard InChI is InChI=1S/C13H26N2O3/c1-6-11(7-2)14(5)13(18)15(8-3)10(4)9-12(16)17/h10-11H,6-9H2,1-5H3,(H,16,17). The number of rotatable bonds is 7. The number of carbonyl (C=O) groups excluding carboxylic acids is 1. The number of carboxylic acid groups (broad SMARTS) is 1. The first kappa shape index (κ1) is 16.7. The number of hydrogen-bond acceptors (Lipinski definition) is 2. The van der Waals surface area contributed by atoms with Crippen LogP contribution in [0.4, 0.5) is 4.79 Å². The molecule has 0 saturated heterocycles. The summed E-state index contributed by atoms with van der Waals surface area (Å²) in [5.74, 6) is -0.876. The van der Waals surface area contributed by atoms with Crippen LogP contribution in [0.3, 0.4) is 0 Å². The van der Waals surface area contributed by atoms with Crippen LogP contribution in [0.25, 0.3) is 0 Å². The van der Waals surface area contributed by atoms with E-state index in [-0.39, 0.29) is 24.5 Å². The minimum atomic E-state index is -0.876. The number of hydrogen-bond donors (Lipinski definition) is 1. The third-order valence-corrected chi connectivity index (χ3v) is 3.38. The number of amides is 2. The van der Waals surface area contributed by atoms with Gasteiger partial charge in [0, 0.05) is 25.7 Å². The fourth-order valence-electron chi connectivity index (χ4n) is 2.19. The molecule has 1 atom stereocenters. The van der Waals surface area contributed by atoms with E-state index in [1.165, 1.54) is 0 Å². The summed E-state index contributed by atoms with van der Waals surface area (Å²) in [6.45, 7) is 8.27. The summed E-state index contributed by atoms with van der Waals surface area (Å²) in [5, 5.41) is 8.80. The highest BCUT2D eigenvalue weighted by Crippen LogP contribution is 2.12. The molecule has 0 aliphatic heterocycles. The Morgan fingerprint density at radius 1 is 1.17 bits per heavy atom. The van der Waals surface area contributed by atoms with E-state index in [1.54, 1.807) is 23.8 Å². The van der Waals surface area contributed by atoms with E-state index in [2.05, 4.69) is 13.8 Å². The second-order valence-electron chi connectivity index (χ2n) is 4.60.